The van der Waals surface area contributed by atoms with Crippen LogP contribution in [0.5, 0.6) is 0 Å². The lowest BCUT2D eigenvalue weighted by Crippen LogP contribution is -2.49. The molecule has 0 spiro atoms. The maximum absolute atomic E-state index is 13.6. The van der Waals surface area contributed by atoms with Crippen LogP contribution in [0.2, 0.25) is 0 Å². The maximum atomic E-state index is 13.6. The van der Waals surface area contributed by atoms with Gasteiger partial charge in [-0.1, -0.05) is 6.07 Å². The molecule has 3 aromatic heterocycles. The summed E-state index contributed by atoms with van der Waals surface area (Å²) >= 11 is 0. The van der Waals surface area contributed by atoms with Crippen molar-refractivity contribution in [1.82, 2.24) is 30.1 Å². The zero-order chi connectivity index (χ0) is 28.7. The molecule has 12 heteroatoms. The molecule has 4 heterocycles. The van der Waals surface area contributed by atoms with E-state index in [2.05, 4.69) is 25.4 Å². The zero-order valence-corrected chi connectivity index (χ0v) is 22.5. The summed E-state index contributed by atoms with van der Waals surface area (Å²) in [5, 5.41) is 13.3. The molecule has 1 aliphatic rings. The number of furan rings is 1. The third-order valence-corrected chi connectivity index (χ3v) is 7.69. The summed E-state index contributed by atoms with van der Waals surface area (Å²) in [5.41, 5.74) is 2.98. The number of aromatic nitrogens is 5. The number of tetrazole rings is 1. The lowest BCUT2D eigenvalue weighted by atomic mass is 10.00. The van der Waals surface area contributed by atoms with Gasteiger partial charge in [0.2, 0.25) is 0 Å². The van der Waals surface area contributed by atoms with E-state index in [9.17, 15) is 18.0 Å². The molecule has 9 nitrogen and oxygen atoms in total. The Hall–Kier alpha value is -4.45. The number of nitrogens with zero attached hydrogens (tertiary/aromatic N) is 6. The van der Waals surface area contributed by atoms with Crippen LogP contribution in [0.4, 0.5) is 18.9 Å². The molecule has 2 aromatic carbocycles. The van der Waals surface area contributed by atoms with Gasteiger partial charge in [-0.3, -0.25) is 9.69 Å². The minimum atomic E-state index is -4.41. The van der Waals surface area contributed by atoms with Crippen LogP contribution in [-0.2, 0) is 12.7 Å². The molecule has 0 aliphatic carbocycles. The van der Waals surface area contributed by atoms with E-state index in [-0.39, 0.29) is 12.1 Å². The second-order valence-corrected chi connectivity index (χ2v) is 10.3. The number of aromatic amines is 1. The number of benzene rings is 2. The quantitative estimate of drug-likeness (QED) is 0.320. The fraction of sp³-hybridized carbons (Fsp3) is 0.310. The highest BCUT2D eigenvalue weighted by molar-refractivity contribution is 5.81. The first-order chi connectivity index (χ1) is 19.7. The number of rotatable bonds is 6. The number of anilines is 1. The number of fused-ring (bicyclic) bond motifs is 1. The van der Waals surface area contributed by atoms with Crippen LogP contribution in [0.1, 0.15) is 39.9 Å². The topological polar surface area (TPSA) is 96.1 Å². The Kier molecular flexibility index (Phi) is 6.86. The summed E-state index contributed by atoms with van der Waals surface area (Å²) in [6.07, 6.45) is -2.84. The Morgan fingerprint density at radius 1 is 1.00 bits per heavy atom. The predicted molar refractivity (Wildman–Crippen MR) is 147 cm³/mol. The highest BCUT2D eigenvalue weighted by Gasteiger charge is 2.34. The van der Waals surface area contributed by atoms with Crippen LogP contribution in [0, 0.1) is 13.8 Å². The lowest BCUT2D eigenvalue weighted by molar-refractivity contribution is -0.137. The van der Waals surface area contributed by atoms with Crippen LogP contribution in [0.15, 0.2) is 70.1 Å². The number of halogens is 3. The normalized spacial score (nSPS) is 15.5. The van der Waals surface area contributed by atoms with Gasteiger partial charge in [-0.05, 0) is 89.3 Å². The molecule has 0 saturated carbocycles. The third kappa shape index (κ3) is 5.34. The number of aryl methyl sites for hydroxylation is 2. The molecule has 1 fully saturated rings. The smallest absolute Gasteiger partial charge is 0.416 e. The van der Waals surface area contributed by atoms with Crippen molar-refractivity contribution in [3.8, 4) is 0 Å². The van der Waals surface area contributed by atoms with Gasteiger partial charge in [-0.25, -0.2) is 4.68 Å². The van der Waals surface area contributed by atoms with Crippen molar-refractivity contribution in [2.24, 2.45) is 0 Å². The fourth-order valence-electron chi connectivity index (χ4n) is 5.38. The highest BCUT2D eigenvalue weighted by atomic mass is 19.4. The van der Waals surface area contributed by atoms with Crippen molar-refractivity contribution in [1.29, 1.82) is 0 Å². The maximum Gasteiger partial charge on any atom is 0.416 e. The summed E-state index contributed by atoms with van der Waals surface area (Å²) in [6.45, 7) is 6.16. The molecule has 6 rings (SSSR count). The lowest BCUT2D eigenvalue weighted by Gasteiger charge is -2.39. The van der Waals surface area contributed by atoms with Gasteiger partial charge >= 0.3 is 6.18 Å². The molecule has 0 radical (unpaired) electrons. The number of piperazine rings is 1. The van der Waals surface area contributed by atoms with Crippen molar-refractivity contribution < 1.29 is 17.6 Å². The van der Waals surface area contributed by atoms with Crippen molar-refractivity contribution in [2.75, 3.05) is 31.1 Å². The summed E-state index contributed by atoms with van der Waals surface area (Å²) in [7, 11) is 0. The molecule has 5 aromatic rings. The largest absolute Gasteiger partial charge is 0.467 e. The van der Waals surface area contributed by atoms with Crippen LogP contribution < -0.4 is 10.5 Å². The average molecular weight is 564 g/mol. The van der Waals surface area contributed by atoms with E-state index in [1.54, 1.807) is 23.1 Å². The third-order valence-electron chi connectivity index (χ3n) is 7.69. The summed E-state index contributed by atoms with van der Waals surface area (Å²) in [5.74, 6) is 1.13. The molecular formula is C29H28F3N7O2. The van der Waals surface area contributed by atoms with E-state index in [0.29, 0.717) is 49.0 Å². The molecule has 1 N–H and O–H groups in total. The number of hydrogen-bond donors (Lipinski definition) is 1. The van der Waals surface area contributed by atoms with Crippen molar-refractivity contribution >= 4 is 16.6 Å². The Morgan fingerprint density at radius 2 is 1.78 bits per heavy atom. The van der Waals surface area contributed by atoms with Crippen LogP contribution in [0.3, 0.4) is 0 Å². The van der Waals surface area contributed by atoms with Crippen LogP contribution >= 0.6 is 0 Å². The molecule has 0 bridgehead atoms. The average Bonchev–Trinajstić information content (AvgIpc) is 3.63. The Morgan fingerprint density at radius 3 is 2.51 bits per heavy atom. The first-order valence-electron chi connectivity index (χ1n) is 13.3. The minimum absolute atomic E-state index is 0.251. The van der Waals surface area contributed by atoms with Gasteiger partial charge in [0.25, 0.3) is 5.56 Å². The summed E-state index contributed by atoms with van der Waals surface area (Å²) in [6, 6.07) is 14.2. The van der Waals surface area contributed by atoms with E-state index in [1.165, 1.54) is 12.1 Å². The number of hydrogen-bond acceptors (Lipinski definition) is 7. The Labute approximate surface area is 233 Å². The number of alkyl halides is 3. The molecule has 1 saturated heterocycles. The molecular weight excluding hydrogens is 535 g/mol. The van der Waals surface area contributed by atoms with E-state index >= 15 is 0 Å². The summed E-state index contributed by atoms with van der Waals surface area (Å²) in [4.78, 5) is 20.6. The SMILES string of the molecule is Cc1cc2cc(C(c3nnnn3Cc3ccco3)N3CCN(c4cccc(C(F)(F)F)c4)CC3)c(=O)[nH]c2cc1C. The first-order valence-corrected chi connectivity index (χ1v) is 13.3. The Bertz CT molecular complexity index is 1740. The van der Waals surface area contributed by atoms with Gasteiger partial charge in [-0.2, -0.15) is 13.2 Å². The fourth-order valence-corrected chi connectivity index (χ4v) is 5.38. The van der Waals surface area contributed by atoms with Crippen LogP contribution in [0.25, 0.3) is 10.9 Å². The van der Waals surface area contributed by atoms with E-state index in [1.807, 2.05) is 43.0 Å². The highest BCUT2D eigenvalue weighted by Crippen LogP contribution is 2.33. The monoisotopic (exact) mass is 563 g/mol. The van der Waals surface area contributed by atoms with Gasteiger partial charge in [0, 0.05) is 42.9 Å². The molecule has 0 amide bonds. The molecule has 212 valence electrons. The number of H-pyrrole nitrogens is 1. The van der Waals surface area contributed by atoms with Crippen LogP contribution in [-0.4, -0.2) is 56.3 Å². The van der Waals surface area contributed by atoms with Crippen molar-refractivity contribution in [3.05, 3.63) is 105 Å². The second kappa shape index (κ2) is 10.5. The number of nitrogens with one attached hydrogen (secondary N) is 1. The van der Waals surface area contributed by atoms with Gasteiger partial charge < -0.3 is 14.3 Å². The zero-order valence-electron chi connectivity index (χ0n) is 22.5. The molecule has 1 unspecified atom stereocenters. The molecule has 41 heavy (non-hydrogen) atoms. The van der Waals surface area contributed by atoms with Gasteiger partial charge in [0.15, 0.2) is 5.82 Å². The van der Waals surface area contributed by atoms with Gasteiger partial charge in [0.05, 0.1) is 11.8 Å². The van der Waals surface area contributed by atoms with E-state index in [0.717, 1.165) is 28.1 Å². The van der Waals surface area contributed by atoms with Crippen molar-refractivity contribution in [2.45, 2.75) is 32.6 Å². The first kappa shape index (κ1) is 26.8. The summed E-state index contributed by atoms with van der Waals surface area (Å²) < 4.78 is 47.1. The van der Waals surface area contributed by atoms with Gasteiger partial charge in [0.1, 0.15) is 18.3 Å². The number of pyridine rings is 1. The predicted octanol–water partition coefficient (Wildman–Crippen LogP) is 4.70. The van der Waals surface area contributed by atoms with E-state index < -0.39 is 17.8 Å². The van der Waals surface area contributed by atoms with E-state index in [4.69, 9.17) is 4.42 Å². The standard InChI is InChI=1S/C29H28F3N7O2/c1-18-13-20-15-24(28(40)33-25(20)14-19(18)2)26(27-34-35-36-39(27)17-23-7-4-12-41-23)38-10-8-37(9-11-38)22-6-3-5-21(16-22)29(30,31)32/h3-7,12-16,26H,8-11,17H2,1-2H3,(H,33,40). The molecule has 1 aliphatic heterocycles. The second-order valence-electron chi connectivity index (χ2n) is 10.3. The minimum Gasteiger partial charge on any atom is -0.467 e. The van der Waals surface area contributed by atoms with Crippen molar-refractivity contribution in [3.63, 3.8) is 0 Å². The Balaban J connectivity index is 1.37. The molecule has 1 atom stereocenters. The van der Waals surface area contributed by atoms with Gasteiger partial charge in [-0.15, -0.1) is 5.10 Å².